The van der Waals surface area contributed by atoms with Gasteiger partial charge >= 0.3 is 0 Å². The lowest BCUT2D eigenvalue weighted by molar-refractivity contribution is -0.122. The highest BCUT2D eigenvalue weighted by Gasteiger charge is 2.19. The highest BCUT2D eigenvalue weighted by molar-refractivity contribution is 5.78. The Hall–Kier alpha value is -2.44. The van der Waals surface area contributed by atoms with Gasteiger partial charge < -0.3 is 10.1 Å². The van der Waals surface area contributed by atoms with E-state index in [-0.39, 0.29) is 12.0 Å². The van der Waals surface area contributed by atoms with Crippen molar-refractivity contribution in [3.05, 3.63) is 54.4 Å². The number of hydrogen-bond donors (Lipinski definition) is 1. The maximum Gasteiger partial charge on any atom is 0.234 e. The van der Waals surface area contributed by atoms with Crippen LogP contribution in [0.1, 0.15) is 24.8 Å². The zero-order valence-corrected chi connectivity index (χ0v) is 15.5. The fourth-order valence-electron chi connectivity index (χ4n) is 3.62. The van der Waals surface area contributed by atoms with E-state index in [1.807, 2.05) is 41.2 Å². The predicted octanol–water partition coefficient (Wildman–Crippen LogP) is 2.26. The first kappa shape index (κ1) is 17.9. The molecule has 2 aliphatic rings. The third kappa shape index (κ3) is 4.64. The Morgan fingerprint density at radius 2 is 2.19 bits per heavy atom. The van der Waals surface area contributed by atoms with Gasteiger partial charge in [-0.1, -0.05) is 24.3 Å². The normalized spacial score (nSPS) is 20.4. The minimum Gasteiger partial charge on any atom is -0.376 e. The maximum atomic E-state index is 12.1. The number of nitrogens with zero attached hydrogens (tertiary/aromatic N) is 3. The Morgan fingerprint density at radius 3 is 2.93 bits per heavy atom. The van der Waals surface area contributed by atoms with E-state index in [1.54, 1.807) is 0 Å². The minimum absolute atomic E-state index is 0.0826. The van der Waals surface area contributed by atoms with Gasteiger partial charge in [-0.25, -0.2) is 4.68 Å². The molecular formula is C21H26N4O2. The lowest BCUT2D eigenvalue weighted by Crippen LogP contribution is -2.41. The molecule has 142 valence electrons. The van der Waals surface area contributed by atoms with Crippen LogP contribution in [0.15, 0.2) is 48.8 Å². The molecule has 1 saturated heterocycles. The zero-order chi connectivity index (χ0) is 18.5. The molecule has 1 aromatic heterocycles. The van der Waals surface area contributed by atoms with Crippen LogP contribution in [0.25, 0.3) is 11.3 Å². The number of hydrogen-bond acceptors (Lipinski definition) is 4. The van der Waals surface area contributed by atoms with Crippen LogP contribution in [0.3, 0.4) is 0 Å². The number of benzene rings is 1. The van der Waals surface area contributed by atoms with E-state index in [1.165, 1.54) is 5.57 Å². The summed E-state index contributed by atoms with van der Waals surface area (Å²) in [5, 5.41) is 7.47. The van der Waals surface area contributed by atoms with Gasteiger partial charge in [-0.3, -0.25) is 9.69 Å². The Kier molecular flexibility index (Phi) is 5.65. The van der Waals surface area contributed by atoms with Crippen molar-refractivity contribution in [1.82, 2.24) is 20.0 Å². The van der Waals surface area contributed by atoms with Crippen LogP contribution in [0.4, 0.5) is 0 Å². The van der Waals surface area contributed by atoms with Crippen LogP contribution in [0.5, 0.6) is 0 Å². The smallest absolute Gasteiger partial charge is 0.234 e. The number of carbonyl (C=O) groups excluding carboxylic acids is 1. The molecule has 3 heterocycles. The van der Waals surface area contributed by atoms with Crippen LogP contribution < -0.4 is 5.32 Å². The summed E-state index contributed by atoms with van der Waals surface area (Å²) in [6, 6.07) is 10.1. The first-order chi connectivity index (χ1) is 13.3. The van der Waals surface area contributed by atoms with Crippen molar-refractivity contribution >= 4 is 11.5 Å². The van der Waals surface area contributed by atoms with Crippen LogP contribution in [-0.4, -0.2) is 59.5 Å². The monoisotopic (exact) mass is 366 g/mol. The van der Waals surface area contributed by atoms with Crippen molar-refractivity contribution < 1.29 is 9.53 Å². The number of rotatable bonds is 6. The summed E-state index contributed by atoms with van der Waals surface area (Å²) < 4.78 is 7.45. The summed E-state index contributed by atoms with van der Waals surface area (Å²) in [7, 11) is 0. The van der Waals surface area contributed by atoms with E-state index < -0.39 is 0 Å². The second-order valence-electron chi connectivity index (χ2n) is 7.16. The van der Waals surface area contributed by atoms with Crippen molar-refractivity contribution in [2.45, 2.75) is 25.4 Å². The highest BCUT2D eigenvalue weighted by atomic mass is 16.5. The molecule has 0 radical (unpaired) electrons. The van der Waals surface area contributed by atoms with Crippen molar-refractivity contribution in [3.8, 4) is 5.69 Å². The second kappa shape index (κ2) is 8.50. The standard InChI is InChI=1S/C21H26N4O2/c26-21(22-14-20-7-4-12-27-20)16-24-10-8-17(9-11-24)18-13-23-25(15-18)19-5-2-1-3-6-19/h1-3,5-6,8,13,15,20H,4,7,9-12,14,16H2,(H,22,26)/t20-/m0/s1. The lowest BCUT2D eigenvalue weighted by atomic mass is 10.0. The molecule has 1 fully saturated rings. The Labute approximate surface area is 159 Å². The summed E-state index contributed by atoms with van der Waals surface area (Å²) in [5.74, 6) is 0.0826. The van der Waals surface area contributed by atoms with Gasteiger partial charge in [0.1, 0.15) is 0 Å². The van der Waals surface area contributed by atoms with Crippen molar-refractivity contribution in [2.24, 2.45) is 0 Å². The van der Waals surface area contributed by atoms with E-state index in [2.05, 4.69) is 27.6 Å². The number of nitrogens with one attached hydrogen (secondary N) is 1. The van der Waals surface area contributed by atoms with Crippen LogP contribution in [0.2, 0.25) is 0 Å². The number of ether oxygens (including phenoxy) is 1. The number of amides is 1. The number of para-hydroxylation sites is 1. The average molecular weight is 366 g/mol. The van der Waals surface area contributed by atoms with Gasteiger partial charge in [-0.05, 0) is 37.0 Å². The molecule has 0 spiro atoms. The first-order valence-electron chi connectivity index (χ1n) is 9.68. The van der Waals surface area contributed by atoms with Gasteiger partial charge in [0.05, 0.1) is 24.5 Å². The molecule has 2 aliphatic heterocycles. The summed E-state index contributed by atoms with van der Waals surface area (Å²) in [6.45, 7) is 3.57. The molecule has 0 bridgehead atoms. The molecule has 27 heavy (non-hydrogen) atoms. The van der Waals surface area contributed by atoms with Gasteiger partial charge in [0, 0.05) is 38.0 Å². The van der Waals surface area contributed by atoms with Crippen LogP contribution >= 0.6 is 0 Å². The molecular weight excluding hydrogens is 340 g/mol. The third-order valence-corrected chi connectivity index (χ3v) is 5.19. The first-order valence-corrected chi connectivity index (χ1v) is 9.68. The molecule has 0 saturated carbocycles. The summed E-state index contributed by atoms with van der Waals surface area (Å²) in [4.78, 5) is 14.3. The topological polar surface area (TPSA) is 59.4 Å². The molecule has 4 rings (SSSR count). The molecule has 6 nitrogen and oxygen atoms in total. The van der Waals surface area contributed by atoms with E-state index in [0.717, 1.165) is 50.2 Å². The van der Waals surface area contributed by atoms with Crippen molar-refractivity contribution in [3.63, 3.8) is 0 Å². The molecule has 2 aromatic rings. The average Bonchev–Trinajstić information content (AvgIpc) is 3.40. The second-order valence-corrected chi connectivity index (χ2v) is 7.16. The van der Waals surface area contributed by atoms with E-state index in [9.17, 15) is 4.79 Å². The van der Waals surface area contributed by atoms with Crippen LogP contribution in [-0.2, 0) is 9.53 Å². The molecule has 1 amide bonds. The van der Waals surface area contributed by atoms with E-state index >= 15 is 0 Å². The Morgan fingerprint density at radius 1 is 1.30 bits per heavy atom. The van der Waals surface area contributed by atoms with Gasteiger partial charge in [0.2, 0.25) is 5.91 Å². The molecule has 1 aromatic carbocycles. The quantitative estimate of drug-likeness (QED) is 0.852. The molecule has 1 atom stereocenters. The Balaban J connectivity index is 1.28. The van der Waals surface area contributed by atoms with Crippen LogP contribution in [0, 0.1) is 0 Å². The number of carbonyl (C=O) groups is 1. The SMILES string of the molecule is O=C(CN1CC=C(c2cnn(-c3ccccc3)c2)CC1)NC[C@@H]1CCCO1. The lowest BCUT2D eigenvalue weighted by Gasteiger charge is -2.25. The minimum atomic E-state index is 0.0826. The fraction of sp³-hybridized carbons (Fsp3) is 0.429. The summed E-state index contributed by atoms with van der Waals surface area (Å²) in [5.41, 5.74) is 3.51. The largest absolute Gasteiger partial charge is 0.376 e. The summed E-state index contributed by atoms with van der Waals surface area (Å²) >= 11 is 0. The van der Waals surface area contributed by atoms with Gasteiger partial charge in [0.15, 0.2) is 0 Å². The predicted molar refractivity (Wildman–Crippen MR) is 105 cm³/mol. The number of aromatic nitrogens is 2. The van der Waals surface area contributed by atoms with Crippen molar-refractivity contribution in [1.29, 1.82) is 0 Å². The fourth-order valence-corrected chi connectivity index (χ4v) is 3.62. The summed E-state index contributed by atoms with van der Waals surface area (Å²) in [6.07, 6.45) is 9.48. The van der Waals surface area contributed by atoms with E-state index in [0.29, 0.717) is 13.1 Å². The van der Waals surface area contributed by atoms with E-state index in [4.69, 9.17) is 4.74 Å². The molecule has 1 N–H and O–H groups in total. The van der Waals surface area contributed by atoms with Gasteiger partial charge in [-0.15, -0.1) is 0 Å². The molecule has 0 unspecified atom stereocenters. The zero-order valence-electron chi connectivity index (χ0n) is 15.5. The Bertz CT molecular complexity index is 794. The van der Waals surface area contributed by atoms with Gasteiger partial charge in [0.25, 0.3) is 0 Å². The van der Waals surface area contributed by atoms with Gasteiger partial charge in [-0.2, -0.15) is 5.10 Å². The highest BCUT2D eigenvalue weighted by Crippen LogP contribution is 2.22. The molecule has 0 aliphatic carbocycles. The maximum absolute atomic E-state index is 12.1. The van der Waals surface area contributed by atoms with Crippen molar-refractivity contribution in [2.75, 3.05) is 32.8 Å². The molecule has 6 heteroatoms. The third-order valence-electron chi connectivity index (χ3n) is 5.19.